The van der Waals surface area contributed by atoms with Crippen LogP contribution < -0.4 is 5.32 Å². The summed E-state index contributed by atoms with van der Waals surface area (Å²) in [4.78, 5) is 24.6. The van der Waals surface area contributed by atoms with E-state index in [4.69, 9.17) is 16.3 Å². The number of carbonyl (C=O) groups is 2. The van der Waals surface area contributed by atoms with E-state index in [1.807, 2.05) is 20.8 Å². The molecule has 0 aliphatic carbocycles. The highest BCUT2D eigenvalue weighted by atomic mass is 35.5. The highest BCUT2D eigenvalue weighted by molar-refractivity contribution is 6.27. The Morgan fingerprint density at radius 2 is 2.10 bits per heavy atom. The van der Waals surface area contributed by atoms with E-state index >= 15 is 0 Å². The molecule has 1 saturated heterocycles. The summed E-state index contributed by atoms with van der Waals surface area (Å²) < 4.78 is 5.32. The van der Waals surface area contributed by atoms with E-state index in [0.29, 0.717) is 32.4 Å². The minimum Gasteiger partial charge on any atom is -0.444 e. The summed E-state index contributed by atoms with van der Waals surface area (Å²) in [5.41, 5.74) is -1.55. The van der Waals surface area contributed by atoms with E-state index in [1.165, 1.54) is 4.90 Å². The molecule has 1 rings (SSSR count). The molecule has 122 valence electrons. The van der Waals surface area contributed by atoms with Gasteiger partial charge in [-0.15, -0.1) is 11.6 Å². The van der Waals surface area contributed by atoms with Gasteiger partial charge in [-0.2, -0.15) is 0 Å². The van der Waals surface area contributed by atoms with Gasteiger partial charge < -0.3 is 20.1 Å². The van der Waals surface area contributed by atoms with Gasteiger partial charge in [0.25, 0.3) is 0 Å². The van der Waals surface area contributed by atoms with Crippen molar-refractivity contribution < 1.29 is 19.4 Å². The van der Waals surface area contributed by atoms with Crippen LogP contribution in [0, 0.1) is 0 Å². The van der Waals surface area contributed by atoms with Crippen LogP contribution in [0.5, 0.6) is 0 Å². The van der Waals surface area contributed by atoms with Gasteiger partial charge >= 0.3 is 6.09 Å². The summed E-state index contributed by atoms with van der Waals surface area (Å²) in [5.74, 6) is -0.359. The Kier molecular flexibility index (Phi) is 6.28. The summed E-state index contributed by atoms with van der Waals surface area (Å²) >= 11 is 5.39. The molecule has 1 unspecified atom stereocenters. The van der Waals surface area contributed by atoms with E-state index in [-0.39, 0.29) is 18.3 Å². The molecule has 2 amide bonds. The lowest BCUT2D eigenvalue weighted by molar-refractivity contribution is -0.119. The summed E-state index contributed by atoms with van der Waals surface area (Å²) in [6.45, 7) is 6.56. The van der Waals surface area contributed by atoms with Crippen LogP contribution in [0.15, 0.2) is 0 Å². The third-order valence-corrected chi connectivity index (χ3v) is 3.48. The first kappa shape index (κ1) is 18.0. The quantitative estimate of drug-likeness (QED) is 0.769. The first-order valence-corrected chi connectivity index (χ1v) is 7.72. The summed E-state index contributed by atoms with van der Waals surface area (Å²) in [7, 11) is 0. The number of piperidine rings is 1. The van der Waals surface area contributed by atoms with E-state index < -0.39 is 17.3 Å². The van der Waals surface area contributed by atoms with Crippen molar-refractivity contribution in [2.45, 2.75) is 51.2 Å². The smallest absolute Gasteiger partial charge is 0.410 e. The predicted molar refractivity (Wildman–Crippen MR) is 80.3 cm³/mol. The molecule has 1 aliphatic heterocycles. The summed E-state index contributed by atoms with van der Waals surface area (Å²) in [6.07, 6.45) is 1.28. The number of likely N-dealkylation sites (tertiary alicyclic amines) is 1. The molecule has 6 nitrogen and oxygen atoms in total. The number of alkyl halides is 1. The molecule has 2 N–H and O–H groups in total. The van der Waals surface area contributed by atoms with E-state index in [0.717, 1.165) is 0 Å². The fourth-order valence-electron chi connectivity index (χ4n) is 2.28. The Morgan fingerprint density at radius 3 is 2.67 bits per heavy atom. The minimum atomic E-state index is -0.991. The van der Waals surface area contributed by atoms with Gasteiger partial charge in [0, 0.05) is 13.1 Å². The highest BCUT2D eigenvalue weighted by Crippen LogP contribution is 2.25. The number of nitrogens with zero attached hydrogens (tertiary/aromatic N) is 1. The average molecular weight is 321 g/mol. The minimum absolute atomic E-state index is 0.0948. The van der Waals surface area contributed by atoms with Crippen LogP contribution in [0.4, 0.5) is 4.79 Å². The van der Waals surface area contributed by atoms with Gasteiger partial charge in [-0.25, -0.2) is 4.79 Å². The lowest BCUT2D eigenvalue weighted by Crippen LogP contribution is -2.52. The van der Waals surface area contributed by atoms with Gasteiger partial charge in [0.05, 0.1) is 12.1 Å². The van der Waals surface area contributed by atoms with Crippen LogP contribution in [0.3, 0.4) is 0 Å². The standard InChI is InChI=1S/C14H25ClN2O4/c1-13(2,3)21-12(19)17-8-4-5-14(20,10-17)6-7-16-11(18)9-15/h20H,4-10H2,1-3H3,(H,16,18). The van der Waals surface area contributed by atoms with Crippen molar-refractivity contribution in [3.63, 3.8) is 0 Å². The molecule has 0 bridgehead atoms. The van der Waals surface area contributed by atoms with Crippen LogP contribution in [-0.2, 0) is 9.53 Å². The molecule has 1 atom stereocenters. The van der Waals surface area contributed by atoms with Crippen molar-refractivity contribution in [1.82, 2.24) is 10.2 Å². The number of amides is 2. The number of ether oxygens (including phenoxy) is 1. The van der Waals surface area contributed by atoms with Crippen LogP contribution in [-0.4, -0.2) is 58.7 Å². The van der Waals surface area contributed by atoms with Crippen LogP contribution >= 0.6 is 11.6 Å². The Labute approximate surface area is 130 Å². The fourth-order valence-corrected chi connectivity index (χ4v) is 2.38. The fraction of sp³-hybridized carbons (Fsp3) is 0.857. The topological polar surface area (TPSA) is 78.9 Å². The van der Waals surface area contributed by atoms with E-state index in [2.05, 4.69) is 5.32 Å². The maximum absolute atomic E-state index is 12.0. The number of β-amino-alcohol motifs (C(OH)–C–C–N with tert-alkyl or cyclic N) is 1. The van der Waals surface area contributed by atoms with Crippen molar-refractivity contribution >= 4 is 23.6 Å². The Balaban J connectivity index is 2.50. The van der Waals surface area contributed by atoms with Gasteiger partial charge in [0.1, 0.15) is 11.5 Å². The Morgan fingerprint density at radius 1 is 1.43 bits per heavy atom. The van der Waals surface area contributed by atoms with Crippen LogP contribution in [0.25, 0.3) is 0 Å². The van der Waals surface area contributed by atoms with Gasteiger partial charge in [0.2, 0.25) is 5.91 Å². The number of nitrogens with one attached hydrogen (secondary N) is 1. The number of hydrogen-bond donors (Lipinski definition) is 2. The van der Waals surface area contributed by atoms with Crippen LogP contribution in [0.2, 0.25) is 0 Å². The second-order valence-electron chi connectivity index (χ2n) is 6.46. The summed E-state index contributed by atoms with van der Waals surface area (Å²) in [5, 5.41) is 13.2. The van der Waals surface area contributed by atoms with Crippen molar-refractivity contribution in [3.8, 4) is 0 Å². The highest BCUT2D eigenvalue weighted by Gasteiger charge is 2.36. The lowest BCUT2D eigenvalue weighted by atomic mass is 9.90. The van der Waals surface area contributed by atoms with Gasteiger partial charge in [-0.05, 0) is 40.0 Å². The third-order valence-electron chi connectivity index (χ3n) is 3.24. The predicted octanol–water partition coefficient (Wildman–Crippen LogP) is 1.49. The maximum Gasteiger partial charge on any atom is 0.410 e. The zero-order chi connectivity index (χ0) is 16.1. The molecule has 0 spiro atoms. The van der Waals surface area contributed by atoms with Gasteiger partial charge in [-0.3, -0.25) is 4.79 Å². The van der Waals surface area contributed by atoms with Crippen LogP contribution in [0.1, 0.15) is 40.0 Å². The average Bonchev–Trinajstić information content (AvgIpc) is 2.36. The molecule has 7 heteroatoms. The van der Waals surface area contributed by atoms with Gasteiger partial charge in [0.15, 0.2) is 0 Å². The molecule has 0 aromatic heterocycles. The molecule has 0 aromatic carbocycles. The first-order chi connectivity index (χ1) is 9.65. The second kappa shape index (κ2) is 7.31. The summed E-state index contributed by atoms with van der Waals surface area (Å²) in [6, 6.07) is 0. The van der Waals surface area contributed by atoms with Crippen molar-refractivity contribution in [2.24, 2.45) is 0 Å². The number of aliphatic hydroxyl groups is 1. The van der Waals surface area contributed by atoms with E-state index in [1.54, 1.807) is 0 Å². The second-order valence-corrected chi connectivity index (χ2v) is 6.73. The number of carbonyl (C=O) groups excluding carboxylic acids is 2. The molecule has 1 aliphatic rings. The molecule has 0 aromatic rings. The van der Waals surface area contributed by atoms with Crippen molar-refractivity contribution in [1.29, 1.82) is 0 Å². The van der Waals surface area contributed by atoms with E-state index in [9.17, 15) is 14.7 Å². The van der Waals surface area contributed by atoms with Crippen molar-refractivity contribution in [3.05, 3.63) is 0 Å². The zero-order valence-electron chi connectivity index (χ0n) is 12.9. The number of halogens is 1. The monoisotopic (exact) mass is 320 g/mol. The Bertz CT molecular complexity index is 384. The molecular formula is C14H25ClN2O4. The Hall–Kier alpha value is -1.01. The first-order valence-electron chi connectivity index (χ1n) is 7.18. The maximum atomic E-state index is 12.0. The molecule has 0 saturated carbocycles. The third kappa shape index (κ3) is 6.52. The molecule has 1 heterocycles. The normalized spacial score (nSPS) is 22.8. The molecule has 1 fully saturated rings. The SMILES string of the molecule is CC(C)(C)OC(=O)N1CCCC(O)(CCNC(=O)CCl)C1. The molecular weight excluding hydrogens is 296 g/mol. The molecule has 21 heavy (non-hydrogen) atoms. The lowest BCUT2D eigenvalue weighted by Gasteiger charge is -2.39. The zero-order valence-corrected chi connectivity index (χ0v) is 13.7. The van der Waals surface area contributed by atoms with Crippen molar-refractivity contribution in [2.75, 3.05) is 25.5 Å². The number of rotatable bonds is 4. The largest absolute Gasteiger partial charge is 0.444 e. The number of hydrogen-bond acceptors (Lipinski definition) is 4. The van der Waals surface area contributed by atoms with Gasteiger partial charge in [-0.1, -0.05) is 0 Å². The molecule has 0 radical (unpaired) electrons.